The van der Waals surface area contributed by atoms with E-state index in [9.17, 15) is 14.4 Å². The normalized spacial score (nSPS) is 21.2. The van der Waals surface area contributed by atoms with E-state index in [0.29, 0.717) is 17.9 Å². The van der Waals surface area contributed by atoms with Gasteiger partial charge < -0.3 is 15.4 Å². The van der Waals surface area contributed by atoms with Crippen molar-refractivity contribution in [1.29, 1.82) is 0 Å². The fraction of sp³-hybridized carbons (Fsp3) is 0.526. The second-order valence-electron chi connectivity index (χ2n) is 6.83. The van der Waals surface area contributed by atoms with Crippen molar-refractivity contribution in [2.75, 3.05) is 6.61 Å². The van der Waals surface area contributed by atoms with E-state index >= 15 is 0 Å². The number of carbonyl (C=O) groups excluding carboxylic acids is 3. The number of Topliss-reactive ketones (excluding diaryl/α,β-unsaturated/α-hetero) is 1. The van der Waals surface area contributed by atoms with Gasteiger partial charge in [0.2, 0.25) is 5.91 Å². The lowest BCUT2D eigenvalue weighted by Gasteiger charge is -2.22. The quantitative estimate of drug-likeness (QED) is 0.787. The van der Waals surface area contributed by atoms with Crippen LogP contribution in [0.25, 0.3) is 0 Å². The molecule has 1 fully saturated rings. The largest absolute Gasteiger partial charge is 0.368 e. The lowest BCUT2D eigenvalue weighted by molar-refractivity contribution is -0.127. The van der Waals surface area contributed by atoms with Crippen LogP contribution in [0.3, 0.4) is 0 Å². The van der Waals surface area contributed by atoms with Crippen LogP contribution in [0.1, 0.15) is 44.0 Å². The van der Waals surface area contributed by atoms with Crippen LogP contribution in [0.2, 0.25) is 0 Å². The Bertz CT molecular complexity index is 615. The summed E-state index contributed by atoms with van der Waals surface area (Å²) < 4.78 is 5.26. The van der Waals surface area contributed by atoms with E-state index < -0.39 is 12.1 Å². The Kier molecular flexibility index (Phi) is 6.70. The highest BCUT2D eigenvalue weighted by atomic mass is 16.5. The molecule has 3 atom stereocenters. The zero-order valence-corrected chi connectivity index (χ0v) is 15.0. The zero-order valence-electron chi connectivity index (χ0n) is 15.0. The molecule has 0 bridgehead atoms. The first-order valence-corrected chi connectivity index (χ1v) is 8.69. The number of ketones is 1. The fourth-order valence-electron chi connectivity index (χ4n) is 2.71. The summed E-state index contributed by atoms with van der Waals surface area (Å²) in [5, 5.41) is 5.52. The van der Waals surface area contributed by atoms with Gasteiger partial charge in [0, 0.05) is 5.56 Å². The number of amides is 2. The number of benzene rings is 1. The van der Waals surface area contributed by atoms with Crippen LogP contribution in [0.15, 0.2) is 30.3 Å². The number of rotatable bonds is 7. The van der Waals surface area contributed by atoms with Gasteiger partial charge in [-0.25, -0.2) is 0 Å². The minimum Gasteiger partial charge on any atom is -0.368 e. The van der Waals surface area contributed by atoms with Gasteiger partial charge >= 0.3 is 0 Å². The van der Waals surface area contributed by atoms with Gasteiger partial charge in [-0.15, -0.1) is 0 Å². The highest BCUT2D eigenvalue weighted by Gasteiger charge is 2.35. The van der Waals surface area contributed by atoms with Gasteiger partial charge in [-0.1, -0.05) is 32.0 Å². The summed E-state index contributed by atoms with van der Waals surface area (Å²) in [5.41, 5.74) is 0.499. The summed E-state index contributed by atoms with van der Waals surface area (Å²) in [4.78, 5) is 36.8. The Balaban J connectivity index is 2.05. The molecule has 1 aliphatic heterocycles. The Morgan fingerprint density at radius 2 is 1.88 bits per heavy atom. The van der Waals surface area contributed by atoms with Crippen molar-refractivity contribution in [2.45, 2.75) is 51.8 Å². The van der Waals surface area contributed by atoms with Crippen LogP contribution in [0.4, 0.5) is 0 Å². The van der Waals surface area contributed by atoms with Gasteiger partial charge in [-0.3, -0.25) is 14.4 Å². The molecule has 25 heavy (non-hydrogen) atoms. The van der Waals surface area contributed by atoms with Crippen LogP contribution in [0, 0.1) is 5.92 Å². The average molecular weight is 346 g/mol. The summed E-state index contributed by atoms with van der Waals surface area (Å²) in [6.45, 7) is 5.88. The summed E-state index contributed by atoms with van der Waals surface area (Å²) in [6, 6.07) is 7.43. The fourth-order valence-corrected chi connectivity index (χ4v) is 2.71. The Morgan fingerprint density at radius 3 is 2.44 bits per heavy atom. The number of carbonyl (C=O) groups is 3. The van der Waals surface area contributed by atoms with E-state index in [2.05, 4.69) is 24.5 Å². The maximum Gasteiger partial charge on any atom is 0.251 e. The first kappa shape index (κ1) is 19.1. The first-order chi connectivity index (χ1) is 11.9. The number of nitrogens with one attached hydrogen (secondary N) is 2. The molecule has 2 N–H and O–H groups in total. The molecule has 6 nitrogen and oxygen atoms in total. The molecule has 2 rings (SSSR count). The van der Waals surface area contributed by atoms with E-state index in [4.69, 9.17) is 4.74 Å². The van der Waals surface area contributed by atoms with Crippen molar-refractivity contribution in [3.05, 3.63) is 35.9 Å². The highest BCUT2D eigenvalue weighted by Crippen LogP contribution is 2.12. The number of hydrogen-bond acceptors (Lipinski definition) is 4. The van der Waals surface area contributed by atoms with Crippen molar-refractivity contribution < 1.29 is 19.1 Å². The van der Waals surface area contributed by atoms with Crippen LogP contribution in [0.5, 0.6) is 0 Å². The summed E-state index contributed by atoms with van der Waals surface area (Å²) >= 11 is 0. The molecule has 0 radical (unpaired) electrons. The van der Waals surface area contributed by atoms with Crippen LogP contribution in [-0.2, 0) is 14.3 Å². The third-order valence-corrected chi connectivity index (χ3v) is 4.29. The molecule has 2 amide bonds. The van der Waals surface area contributed by atoms with Gasteiger partial charge in [0.25, 0.3) is 5.91 Å². The molecule has 1 aromatic rings. The van der Waals surface area contributed by atoms with Gasteiger partial charge in [0.05, 0.1) is 6.10 Å². The van der Waals surface area contributed by atoms with Crippen molar-refractivity contribution in [3.8, 4) is 0 Å². The molecule has 0 spiro atoms. The standard InChI is InChI=1S/C19H26N2O4/c1-12(2)9-10-15(20-18(23)14-7-5-4-6-8-14)19(24)21-17-13(3)25-11-16(17)22/h4-8,12-13,15,17H,9-11H2,1-3H3,(H,20,23)(H,21,24)/t13-,15-,17-/m0/s1. The maximum atomic E-state index is 12.6. The van der Waals surface area contributed by atoms with E-state index in [0.717, 1.165) is 6.42 Å². The lowest BCUT2D eigenvalue weighted by atomic mass is 10.0. The van der Waals surface area contributed by atoms with Crippen molar-refractivity contribution >= 4 is 17.6 Å². The first-order valence-electron chi connectivity index (χ1n) is 8.69. The number of hydrogen-bond donors (Lipinski definition) is 2. The number of ether oxygens (including phenoxy) is 1. The van der Waals surface area contributed by atoms with Gasteiger partial charge in [-0.05, 0) is 37.8 Å². The van der Waals surface area contributed by atoms with Crippen LogP contribution >= 0.6 is 0 Å². The molecule has 0 unspecified atom stereocenters. The van der Waals surface area contributed by atoms with Crippen LogP contribution < -0.4 is 10.6 Å². The maximum absolute atomic E-state index is 12.6. The molecule has 1 heterocycles. The lowest BCUT2D eigenvalue weighted by Crippen LogP contribution is -2.53. The van der Waals surface area contributed by atoms with E-state index in [1.54, 1.807) is 31.2 Å². The monoisotopic (exact) mass is 346 g/mol. The predicted molar refractivity (Wildman–Crippen MR) is 94.1 cm³/mol. The van der Waals surface area contributed by atoms with Gasteiger partial charge in [0.1, 0.15) is 18.7 Å². The van der Waals surface area contributed by atoms with Crippen molar-refractivity contribution in [2.24, 2.45) is 5.92 Å². The van der Waals surface area contributed by atoms with Crippen molar-refractivity contribution in [3.63, 3.8) is 0 Å². The SMILES string of the molecule is CC(C)CC[C@H](NC(=O)c1ccccc1)C(=O)N[C@@H]1C(=O)CO[C@H]1C. The van der Waals surface area contributed by atoms with Crippen molar-refractivity contribution in [1.82, 2.24) is 10.6 Å². The molecule has 0 aliphatic carbocycles. The Morgan fingerprint density at radius 1 is 1.20 bits per heavy atom. The summed E-state index contributed by atoms with van der Waals surface area (Å²) in [7, 11) is 0. The second-order valence-corrected chi connectivity index (χ2v) is 6.83. The summed E-state index contributed by atoms with van der Waals surface area (Å²) in [6.07, 6.45) is 0.947. The molecule has 6 heteroatoms. The minimum atomic E-state index is -0.685. The smallest absolute Gasteiger partial charge is 0.251 e. The predicted octanol–water partition coefficient (Wildman–Crippen LogP) is 1.69. The molecular formula is C19H26N2O4. The zero-order chi connectivity index (χ0) is 18.4. The topological polar surface area (TPSA) is 84.5 Å². The Hall–Kier alpha value is -2.21. The second kappa shape index (κ2) is 8.76. The average Bonchev–Trinajstić information content (AvgIpc) is 2.90. The molecule has 0 aromatic heterocycles. The molecule has 0 saturated carbocycles. The van der Waals surface area contributed by atoms with E-state index in [1.165, 1.54) is 0 Å². The van der Waals surface area contributed by atoms with Crippen LogP contribution in [-0.4, -0.2) is 42.4 Å². The molecule has 1 saturated heterocycles. The minimum absolute atomic E-state index is 0.0130. The molecule has 1 aliphatic rings. The molecule has 136 valence electrons. The van der Waals surface area contributed by atoms with E-state index in [1.807, 2.05) is 6.07 Å². The van der Waals surface area contributed by atoms with Gasteiger partial charge in [0.15, 0.2) is 5.78 Å². The highest BCUT2D eigenvalue weighted by molar-refractivity contribution is 5.98. The van der Waals surface area contributed by atoms with Gasteiger partial charge in [-0.2, -0.15) is 0 Å². The third-order valence-electron chi connectivity index (χ3n) is 4.29. The summed E-state index contributed by atoms with van der Waals surface area (Å²) in [5.74, 6) is -0.385. The van der Waals surface area contributed by atoms with E-state index in [-0.39, 0.29) is 30.3 Å². The Labute approximate surface area is 148 Å². The molecular weight excluding hydrogens is 320 g/mol. The third kappa shape index (κ3) is 5.39. The molecule has 1 aromatic carbocycles.